The number of ether oxygens (including phenoxy) is 1. The molecule has 5 heteroatoms. The lowest BCUT2D eigenvalue weighted by Crippen LogP contribution is -2.12. The Morgan fingerprint density at radius 2 is 2.00 bits per heavy atom. The number of aliphatic hydroxyl groups is 1. The van der Waals surface area contributed by atoms with E-state index in [0.29, 0.717) is 18.8 Å². The van der Waals surface area contributed by atoms with Crippen LogP contribution in [0.1, 0.15) is 23.7 Å². The number of thiazole rings is 1. The van der Waals surface area contributed by atoms with Crippen molar-refractivity contribution in [1.82, 2.24) is 4.98 Å². The monoisotopic (exact) mass is 281 g/mol. The van der Waals surface area contributed by atoms with E-state index >= 15 is 0 Å². The molecule has 1 aromatic heterocycles. The van der Waals surface area contributed by atoms with Crippen molar-refractivity contribution in [3.63, 3.8) is 0 Å². The normalized spacial score (nSPS) is 11.6. The highest BCUT2D eigenvalue weighted by molar-refractivity contribution is 7.11. The van der Waals surface area contributed by atoms with Crippen LogP contribution in [0, 0.1) is 5.82 Å². The van der Waals surface area contributed by atoms with Crippen LogP contribution in [-0.4, -0.2) is 16.7 Å². The van der Waals surface area contributed by atoms with Gasteiger partial charge in [0.15, 0.2) is 0 Å². The first-order valence-electron chi connectivity index (χ1n) is 6.01. The molecule has 1 heterocycles. The van der Waals surface area contributed by atoms with Crippen molar-refractivity contribution in [2.45, 2.75) is 25.9 Å². The van der Waals surface area contributed by atoms with Crippen LogP contribution in [-0.2, 0) is 12.0 Å². The first-order chi connectivity index (χ1) is 8.95. The molecule has 19 heavy (non-hydrogen) atoms. The SMILES string of the molecule is CC(C)(O)c1cnc(CCOc2ccc(F)cc2)s1. The van der Waals surface area contributed by atoms with E-state index in [1.807, 2.05) is 0 Å². The Labute approximate surface area is 115 Å². The van der Waals surface area contributed by atoms with Crippen LogP contribution in [0.15, 0.2) is 30.5 Å². The van der Waals surface area contributed by atoms with Crippen LogP contribution >= 0.6 is 11.3 Å². The van der Waals surface area contributed by atoms with E-state index in [2.05, 4.69) is 4.98 Å². The quantitative estimate of drug-likeness (QED) is 0.915. The molecular formula is C14H16FNO2S. The third kappa shape index (κ3) is 4.01. The number of rotatable bonds is 5. The molecule has 0 saturated heterocycles. The molecule has 3 nitrogen and oxygen atoms in total. The molecule has 0 unspecified atom stereocenters. The first kappa shape index (κ1) is 14.0. The van der Waals surface area contributed by atoms with Crippen molar-refractivity contribution in [2.24, 2.45) is 0 Å². The fourth-order valence-electron chi connectivity index (χ4n) is 1.50. The lowest BCUT2D eigenvalue weighted by molar-refractivity contribution is 0.0823. The number of hydrogen-bond acceptors (Lipinski definition) is 4. The van der Waals surface area contributed by atoms with Crippen LogP contribution < -0.4 is 4.74 Å². The summed E-state index contributed by atoms with van der Waals surface area (Å²) in [6.45, 7) is 3.95. The smallest absolute Gasteiger partial charge is 0.123 e. The highest BCUT2D eigenvalue weighted by Gasteiger charge is 2.19. The Kier molecular flexibility index (Phi) is 4.17. The fraction of sp³-hybridized carbons (Fsp3) is 0.357. The number of aromatic nitrogens is 1. The molecule has 0 radical (unpaired) electrons. The van der Waals surface area contributed by atoms with Crippen molar-refractivity contribution < 1.29 is 14.2 Å². The van der Waals surface area contributed by atoms with E-state index in [1.54, 1.807) is 32.2 Å². The molecule has 0 bridgehead atoms. The third-order valence-electron chi connectivity index (χ3n) is 2.55. The first-order valence-corrected chi connectivity index (χ1v) is 6.83. The van der Waals surface area contributed by atoms with Gasteiger partial charge in [0.1, 0.15) is 11.6 Å². The molecule has 0 fully saturated rings. The summed E-state index contributed by atoms with van der Waals surface area (Å²) in [5, 5.41) is 10.8. The second kappa shape index (κ2) is 5.67. The summed E-state index contributed by atoms with van der Waals surface area (Å²) >= 11 is 1.48. The van der Waals surface area contributed by atoms with Gasteiger partial charge < -0.3 is 9.84 Å². The van der Waals surface area contributed by atoms with Crippen LogP contribution in [0.2, 0.25) is 0 Å². The third-order valence-corrected chi connectivity index (χ3v) is 3.92. The molecule has 2 rings (SSSR count). The Hall–Kier alpha value is -1.46. The molecule has 0 aliphatic heterocycles. The van der Waals surface area contributed by atoms with E-state index < -0.39 is 5.60 Å². The predicted molar refractivity (Wildman–Crippen MR) is 73.0 cm³/mol. The van der Waals surface area contributed by atoms with Gasteiger partial charge in [-0.1, -0.05) is 0 Å². The number of nitrogens with zero attached hydrogens (tertiary/aromatic N) is 1. The standard InChI is InChI=1S/C14H16FNO2S/c1-14(2,17)12-9-16-13(19-12)7-8-18-11-5-3-10(15)4-6-11/h3-6,9,17H,7-8H2,1-2H3. The van der Waals surface area contributed by atoms with Crippen molar-refractivity contribution in [3.8, 4) is 5.75 Å². The van der Waals surface area contributed by atoms with Gasteiger partial charge in [0.2, 0.25) is 0 Å². The largest absolute Gasteiger partial charge is 0.493 e. The van der Waals surface area contributed by atoms with Gasteiger partial charge in [-0.15, -0.1) is 11.3 Å². The molecule has 1 aromatic carbocycles. The molecule has 2 aromatic rings. The lowest BCUT2D eigenvalue weighted by atomic mass is 10.1. The molecule has 0 aliphatic carbocycles. The topological polar surface area (TPSA) is 42.4 Å². The van der Waals surface area contributed by atoms with Gasteiger partial charge in [-0.25, -0.2) is 9.37 Å². The Bertz CT molecular complexity index is 531. The summed E-state index contributed by atoms with van der Waals surface area (Å²) in [5.41, 5.74) is -0.853. The number of hydrogen-bond donors (Lipinski definition) is 1. The molecule has 0 amide bonds. The lowest BCUT2D eigenvalue weighted by Gasteiger charge is -2.13. The van der Waals surface area contributed by atoms with E-state index in [9.17, 15) is 9.50 Å². The van der Waals surface area contributed by atoms with Gasteiger partial charge in [0, 0.05) is 12.6 Å². The van der Waals surface area contributed by atoms with Gasteiger partial charge in [-0.05, 0) is 38.1 Å². The second-order valence-electron chi connectivity index (χ2n) is 4.73. The van der Waals surface area contributed by atoms with Gasteiger partial charge in [0.25, 0.3) is 0 Å². The Morgan fingerprint density at radius 3 is 2.58 bits per heavy atom. The summed E-state index contributed by atoms with van der Waals surface area (Å²) in [4.78, 5) is 5.08. The number of halogens is 1. The van der Waals surface area contributed by atoms with Crippen LogP contribution in [0.5, 0.6) is 5.75 Å². The van der Waals surface area contributed by atoms with E-state index in [1.165, 1.54) is 23.5 Å². The van der Waals surface area contributed by atoms with Crippen molar-refractivity contribution >= 4 is 11.3 Å². The number of benzene rings is 1. The minimum atomic E-state index is -0.853. The van der Waals surface area contributed by atoms with Crippen molar-refractivity contribution in [2.75, 3.05) is 6.61 Å². The summed E-state index contributed by atoms with van der Waals surface area (Å²) in [5.74, 6) is 0.364. The molecule has 0 saturated carbocycles. The molecule has 102 valence electrons. The molecule has 0 aliphatic rings. The average Bonchev–Trinajstić information content (AvgIpc) is 2.80. The highest BCUT2D eigenvalue weighted by Crippen LogP contribution is 2.26. The maximum Gasteiger partial charge on any atom is 0.123 e. The maximum absolute atomic E-state index is 12.7. The molecular weight excluding hydrogens is 265 g/mol. The minimum Gasteiger partial charge on any atom is -0.493 e. The van der Waals surface area contributed by atoms with Crippen LogP contribution in [0.4, 0.5) is 4.39 Å². The Morgan fingerprint density at radius 1 is 1.32 bits per heavy atom. The van der Waals surface area contributed by atoms with Crippen molar-refractivity contribution in [1.29, 1.82) is 0 Å². The summed E-state index contributed by atoms with van der Waals surface area (Å²) in [7, 11) is 0. The molecule has 0 atom stereocenters. The zero-order valence-electron chi connectivity index (χ0n) is 10.9. The average molecular weight is 281 g/mol. The maximum atomic E-state index is 12.7. The van der Waals surface area contributed by atoms with E-state index in [4.69, 9.17) is 4.74 Å². The fourth-order valence-corrected chi connectivity index (χ4v) is 2.40. The van der Waals surface area contributed by atoms with Gasteiger partial charge in [-0.2, -0.15) is 0 Å². The zero-order chi connectivity index (χ0) is 13.9. The van der Waals surface area contributed by atoms with Crippen molar-refractivity contribution in [3.05, 3.63) is 46.2 Å². The van der Waals surface area contributed by atoms with E-state index in [-0.39, 0.29) is 5.82 Å². The summed E-state index contributed by atoms with van der Waals surface area (Å²) < 4.78 is 18.2. The van der Waals surface area contributed by atoms with E-state index in [0.717, 1.165) is 9.88 Å². The molecule has 0 spiro atoms. The Balaban J connectivity index is 1.86. The molecule has 1 N–H and O–H groups in total. The van der Waals surface area contributed by atoms with Gasteiger partial charge >= 0.3 is 0 Å². The minimum absolute atomic E-state index is 0.276. The van der Waals surface area contributed by atoms with Crippen LogP contribution in [0.3, 0.4) is 0 Å². The highest BCUT2D eigenvalue weighted by atomic mass is 32.1. The zero-order valence-corrected chi connectivity index (χ0v) is 11.7. The van der Waals surface area contributed by atoms with Crippen LogP contribution in [0.25, 0.3) is 0 Å². The van der Waals surface area contributed by atoms with Gasteiger partial charge in [0.05, 0.1) is 22.1 Å². The summed E-state index contributed by atoms with van der Waals surface area (Å²) in [6.07, 6.45) is 2.36. The second-order valence-corrected chi connectivity index (χ2v) is 5.84. The predicted octanol–water partition coefficient (Wildman–Crippen LogP) is 3.13. The summed E-state index contributed by atoms with van der Waals surface area (Å²) in [6, 6.07) is 5.93. The van der Waals surface area contributed by atoms with Gasteiger partial charge in [-0.3, -0.25) is 0 Å².